The molecule has 0 bridgehead atoms. The van der Waals surface area contributed by atoms with Gasteiger partial charge in [-0.15, -0.1) is 0 Å². The predicted molar refractivity (Wildman–Crippen MR) is 110 cm³/mol. The van der Waals surface area contributed by atoms with E-state index >= 15 is 0 Å². The summed E-state index contributed by atoms with van der Waals surface area (Å²) in [5.74, 6) is 6.11. The zero-order valence-corrected chi connectivity index (χ0v) is 16.3. The van der Waals surface area contributed by atoms with Gasteiger partial charge in [-0.2, -0.15) is 0 Å². The van der Waals surface area contributed by atoms with E-state index in [1.807, 2.05) is 20.8 Å². The lowest BCUT2D eigenvalue weighted by molar-refractivity contribution is -0.122. The first-order valence-corrected chi connectivity index (χ1v) is 9.00. The van der Waals surface area contributed by atoms with Crippen molar-refractivity contribution >= 4 is 17.4 Å². The highest BCUT2D eigenvalue weighted by atomic mass is 16.5. The molecule has 2 aromatic carbocycles. The maximum absolute atomic E-state index is 12.4. The summed E-state index contributed by atoms with van der Waals surface area (Å²) in [6, 6.07) is 11.5. The number of amidine groups is 1. The van der Waals surface area contributed by atoms with Gasteiger partial charge in [0.2, 0.25) is 0 Å². The number of nitrogen functional groups attached to an aromatic ring is 1. The van der Waals surface area contributed by atoms with E-state index in [-0.39, 0.29) is 11.9 Å². The van der Waals surface area contributed by atoms with Crippen molar-refractivity contribution in [1.29, 1.82) is 5.41 Å². The van der Waals surface area contributed by atoms with E-state index < -0.39 is 11.9 Å². The second-order valence-corrected chi connectivity index (χ2v) is 6.38. The lowest BCUT2D eigenvalue weighted by Crippen LogP contribution is -2.37. The minimum absolute atomic E-state index is 0.00823. The largest absolute Gasteiger partial charge is 0.490 e. The highest BCUT2D eigenvalue weighted by Crippen LogP contribution is 2.32. The number of nitrogens with two attached hydrogens (primary N) is 2. The Morgan fingerprint density at radius 2 is 1.82 bits per heavy atom. The van der Waals surface area contributed by atoms with Crippen LogP contribution in [0, 0.1) is 5.41 Å². The van der Waals surface area contributed by atoms with Crippen LogP contribution in [0.15, 0.2) is 42.5 Å². The molecule has 0 saturated carbocycles. The summed E-state index contributed by atoms with van der Waals surface area (Å²) in [5, 5.41) is 10.6. The number of carbonyl (C=O) groups is 1. The van der Waals surface area contributed by atoms with Gasteiger partial charge in [0.05, 0.1) is 12.7 Å². The summed E-state index contributed by atoms with van der Waals surface area (Å²) in [6.07, 6.45) is -0.00823. The van der Waals surface area contributed by atoms with Gasteiger partial charge in [0, 0.05) is 11.3 Å². The molecule has 8 heteroatoms. The normalized spacial score (nSPS) is 11.6. The van der Waals surface area contributed by atoms with Crippen molar-refractivity contribution in [1.82, 2.24) is 5.43 Å². The second kappa shape index (κ2) is 9.61. The number of amides is 1. The van der Waals surface area contributed by atoms with E-state index in [1.54, 1.807) is 42.5 Å². The van der Waals surface area contributed by atoms with Crippen molar-refractivity contribution in [2.24, 2.45) is 11.6 Å². The van der Waals surface area contributed by atoms with Crippen LogP contribution in [0.1, 0.15) is 37.9 Å². The monoisotopic (exact) mass is 385 g/mol. The molecular formula is C20H27N5O3. The number of nitrogens with one attached hydrogen (secondary N) is 3. The molecule has 0 saturated heterocycles. The van der Waals surface area contributed by atoms with Gasteiger partial charge in [-0.3, -0.25) is 15.6 Å². The molecule has 2 rings (SSSR count). The summed E-state index contributed by atoms with van der Waals surface area (Å²) in [4.78, 5) is 12.4. The van der Waals surface area contributed by atoms with Crippen LogP contribution in [0.25, 0.3) is 0 Å². The molecule has 1 amide bonds. The second-order valence-electron chi connectivity index (χ2n) is 6.38. The van der Waals surface area contributed by atoms with E-state index in [1.165, 1.54) is 0 Å². The first kappa shape index (κ1) is 21.0. The van der Waals surface area contributed by atoms with Crippen LogP contribution in [0.2, 0.25) is 0 Å². The molecule has 0 aromatic heterocycles. The van der Waals surface area contributed by atoms with Crippen molar-refractivity contribution in [3.63, 3.8) is 0 Å². The number of hydrazine groups is 1. The topological polar surface area (TPSA) is 135 Å². The van der Waals surface area contributed by atoms with Crippen LogP contribution in [0.3, 0.4) is 0 Å². The molecule has 0 radical (unpaired) electrons. The Morgan fingerprint density at radius 3 is 2.36 bits per heavy atom. The molecule has 0 aliphatic rings. The number of ether oxygens (including phenoxy) is 2. The highest BCUT2D eigenvalue weighted by molar-refractivity contribution is 5.95. The Hall–Kier alpha value is -3.26. The summed E-state index contributed by atoms with van der Waals surface area (Å²) in [6.45, 7) is 6.21. The van der Waals surface area contributed by atoms with Crippen LogP contribution >= 0.6 is 0 Å². The van der Waals surface area contributed by atoms with Gasteiger partial charge < -0.3 is 20.5 Å². The van der Waals surface area contributed by atoms with Gasteiger partial charge in [-0.25, -0.2) is 5.84 Å². The molecule has 0 fully saturated rings. The van der Waals surface area contributed by atoms with Gasteiger partial charge in [0.15, 0.2) is 11.5 Å². The van der Waals surface area contributed by atoms with Crippen LogP contribution in [-0.2, 0) is 4.79 Å². The van der Waals surface area contributed by atoms with Crippen molar-refractivity contribution in [2.75, 3.05) is 11.9 Å². The third kappa shape index (κ3) is 5.37. The average molecular weight is 385 g/mol. The molecule has 2 aromatic rings. The maximum atomic E-state index is 12.4. The lowest BCUT2D eigenvalue weighted by atomic mass is 10.0. The van der Waals surface area contributed by atoms with Crippen molar-refractivity contribution in [3.8, 4) is 11.5 Å². The fourth-order valence-electron chi connectivity index (χ4n) is 2.62. The fraction of sp³-hybridized carbons (Fsp3) is 0.300. The van der Waals surface area contributed by atoms with Crippen molar-refractivity contribution in [2.45, 2.75) is 32.9 Å². The molecule has 8 nitrogen and oxygen atoms in total. The number of benzene rings is 2. The Bertz CT molecular complexity index is 821. The SMILES string of the molecule is CCOc1cc(C(Nc2ccc(C(=N)N)cc2)C(=O)NN)ccc1OC(C)C. The van der Waals surface area contributed by atoms with Gasteiger partial charge in [-0.05, 0) is 62.7 Å². The van der Waals surface area contributed by atoms with E-state index in [9.17, 15) is 4.79 Å². The highest BCUT2D eigenvalue weighted by Gasteiger charge is 2.22. The van der Waals surface area contributed by atoms with Crippen molar-refractivity contribution < 1.29 is 14.3 Å². The van der Waals surface area contributed by atoms with E-state index in [4.69, 9.17) is 26.5 Å². The quantitative estimate of drug-likeness (QED) is 0.148. The summed E-state index contributed by atoms with van der Waals surface area (Å²) in [5.41, 5.74) is 9.60. The third-order valence-corrected chi connectivity index (χ3v) is 3.87. The molecule has 1 atom stereocenters. The van der Waals surface area contributed by atoms with Crippen molar-refractivity contribution in [3.05, 3.63) is 53.6 Å². The van der Waals surface area contributed by atoms with E-state index in [2.05, 4.69) is 10.7 Å². The van der Waals surface area contributed by atoms with E-state index in [0.29, 0.717) is 34.9 Å². The molecule has 0 aliphatic carbocycles. The third-order valence-electron chi connectivity index (χ3n) is 3.87. The average Bonchev–Trinajstić information content (AvgIpc) is 2.67. The van der Waals surface area contributed by atoms with Gasteiger partial charge >= 0.3 is 0 Å². The summed E-state index contributed by atoms with van der Waals surface area (Å²) < 4.78 is 11.5. The molecule has 150 valence electrons. The van der Waals surface area contributed by atoms with Gasteiger partial charge in [-0.1, -0.05) is 6.07 Å². The first-order valence-electron chi connectivity index (χ1n) is 9.00. The Labute approximate surface area is 164 Å². The van der Waals surface area contributed by atoms with Crippen LogP contribution in [0.4, 0.5) is 5.69 Å². The zero-order valence-electron chi connectivity index (χ0n) is 16.3. The standard InChI is InChI=1S/C20H27N5O3/c1-4-27-17-11-14(7-10-16(17)28-12(2)3)18(20(26)25-23)24-15-8-5-13(6-9-15)19(21)22/h5-12,18,24H,4,23H2,1-3H3,(H3,21,22)(H,25,26). The molecule has 7 N–H and O–H groups in total. The maximum Gasteiger partial charge on any atom is 0.261 e. The molecule has 0 aliphatic heterocycles. The Morgan fingerprint density at radius 1 is 1.14 bits per heavy atom. The predicted octanol–water partition coefficient (Wildman–Crippen LogP) is 2.30. The fourth-order valence-corrected chi connectivity index (χ4v) is 2.62. The first-order chi connectivity index (χ1) is 13.3. The molecule has 0 spiro atoms. The van der Waals surface area contributed by atoms with Crippen LogP contribution in [0.5, 0.6) is 11.5 Å². The van der Waals surface area contributed by atoms with Gasteiger partial charge in [0.25, 0.3) is 5.91 Å². The Balaban J connectivity index is 2.35. The smallest absolute Gasteiger partial charge is 0.261 e. The number of hydrogen-bond donors (Lipinski definition) is 5. The number of carbonyl (C=O) groups excluding carboxylic acids is 1. The minimum Gasteiger partial charge on any atom is -0.490 e. The van der Waals surface area contributed by atoms with Crippen LogP contribution < -0.4 is 31.8 Å². The zero-order chi connectivity index (χ0) is 20.7. The summed E-state index contributed by atoms with van der Waals surface area (Å²) >= 11 is 0. The molecule has 0 heterocycles. The lowest BCUT2D eigenvalue weighted by Gasteiger charge is -2.21. The van der Waals surface area contributed by atoms with Gasteiger partial charge in [0.1, 0.15) is 11.9 Å². The molecule has 28 heavy (non-hydrogen) atoms. The van der Waals surface area contributed by atoms with Crippen LogP contribution in [-0.4, -0.2) is 24.5 Å². The van der Waals surface area contributed by atoms with E-state index in [0.717, 1.165) is 0 Å². The number of rotatable bonds is 9. The Kier molecular flexibility index (Phi) is 7.22. The molecular weight excluding hydrogens is 358 g/mol. The number of hydrogen-bond acceptors (Lipinski definition) is 6. The minimum atomic E-state index is -0.750. The molecule has 1 unspecified atom stereocenters. The number of anilines is 1. The summed E-state index contributed by atoms with van der Waals surface area (Å²) in [7, 11) is 0.